The SMILES string of the molecule is Cc1[nH]c(=O)ccc1C(=O)NCCc1nc2ccccc2n1C(C)C. The first-order chi connectivity index (χ1) is 12.0. The number of nitrogens with one attached hydrogen (secondary N) is 2. The van der Waals surface area contributed by atoms with E-state index < -0.39 is 0 Å². The summed E-state index contributed by atoms with van der Waals surface area (Å²) in [5, 5.41) is 2.90. The summed E-state index contributed by atoms with van der Waals surface area (Å²) < 4.78 is 2.20. The lowest BCUT2D eigenvalue weighted by Crippen LogP contribution is -2.28. The minimum atomic E-state index is -0.209. The van der Waals surface area contributed by atoms with Crippen LogP contribution in [0.1, 0.15) is 41.8 Å². The molecule has 0 spiro atoms. The van der Waals surface area contributed by atoms with Crippen LogP contribution in [0.25, 0.3) is 11.0 Å². The molecule has 3 aromatic rings. The lowest BCUT2D eigenvalue weighted by atomic mass is 10.2. The fourth-order valence-electron chi connectivity index (χ4n) is 3.05. The first-order valence-electron chi connectivity index (χ1n) is 8.41. The predicted octanol–water partition coefficient (Wildman–Crippen LogP) is 2.59. The van der Waals surface area contributed by atoms with Gasteiger partial charge in [-0.05, 0) is 39.0 Å². The Morgan fingerprint density at radius 3 is 2.72 bits per heavy atom. The summed E-state index contributed by atoms with van der Waals surface area (Å²) in [6, 6.07) is 11.2. The van der Waals surface area contributed by atoms with Crippen LogP contribution < -0.4 is 10.9 Å². The number of benzene rings is 1. The van der Waals surface area contributed by atoms with E-state index in [1.165, 1.54) is 6.07 Å². The highest BCUT2D eigenvalue weighted by atomic mass is 16.1. The summed E-state index contributed by atoms with van der Waals surface area (Å²) in [5.74, 6) is 0.760. The van der Waals surface area contributed by atoms with E-state index in [9.17, 15) is 9.59 Å². The molecule has 0 aliphatic heterocycles. The number of carbonyl (C=O) groups is 1. The van der Waals surface area contributed by atoms with Crippen molar-refractivity contribution in [1.29, 1.82) is 0 Å². The standard InChI is InChI=1S/C19H22N4O2/c1-12(2)23-16-7-5-4-6-15(16)22-17(23)10-11-20-19(25)14-8-9-18(24)21-13(14)3/h4-9,12H,10-11H2,1-3H3,(H,20,25)(H,21,24). The van der Waals surface area contributed by atoms with Crippen molar-refractivity contribution in [1.82, 2.24) is 19.9 Å². The highest BCUT2D eigenvalue weighted by Gasteiger charge is 2.14. The number of pyridine rings is 1. The molecule has 2 aromatic heterocycles. The van der Waals surface area contributed by atoms with E-state index in [2.05, 4.69) is 34.8 Å². The molecule has 6 heteroatoms. The second-order valence-corrected chi connectivity index (χ2v) is 6.35. The molecule has 2 N–H and O–H groups in total. The number of amides is 1. The highest BCUT2D eigenvalue weighted by molar-refractivity contribution is 5.95. The number of para-hydroxylation sites is 2. The zero-order valence-corrected chi connectivity index (χ0v) is 14.7. The maximum absolute atomic E-state index is 12.3. The van der Waals surface area contributed by atoms with Crippen molar-refractivity contribution in [2.45, 2.75) is 33.2 Å². The Labute approximate surface area is 145 Å². The van der Waals surface area contributed by atoms with Crippen LogP contribution in [0, 0.1) is 6.92 Å². The van der Waals surface area contributed by atoms with E-state index >= 15 is 0 Å². The van der Waals surface area contributed by atoms with Gasteiger partial charge in [-0.1, -0.05) is 12.1 Å². The quantitative estimate of drug-likeness (QED) is 0.750. The first-order valence-corrected chi connectivity index (χ1v) is 8.41. The van der Waals surface area contributed by atoms with Crippen LogP contribution in [-0.4, -0.2) is 27.0 Å². The van der Waals surface area contributed by atoms with Crippen LogP contribution in [0.2, 0.25) is 0 Å². The third kappa shape index (κ3) is 3.47. The molecule has 1 aromatic carbocycles. The minimum absolute atomic E-state index is 0.194. The predicted molar refractivity (Wildman–Crippen MR) is 98.0 cm³/mol. The molecule has 0 saturated carbocycles. The molecule has 0 atom stereocenters. The number of carbonyl (C=O) groups excluding carboxylic acids is 1. The maximum Gasteiger partial charge on any atom is 0.253 e. The van der Waals surface area contributed by atoms with Gasteiger partial charge in [-0.15, -0.1) is 0 Å². The van der Waals surface area contributed by atoms with E-state index in [1.54, 1.807) is 13.0 Å². The Kier molecular flexibility index (Phi) is 4.70. The molecule has 130 valence electrons. The van der Waals surface area contributed by atoms with Gasteiger partial charge >= 0.3 is 0 Å². The zero-order chi connectivity index (χ0) is 18.0. The fraction of sp³-hybridized carbons (Fsp3) is 0.316. The molecule has 1 amide bonds. The topological polar surface area (TPSA) is 79.8 Å². The van der Waals surface area contributed by atoms with Crippen LogP contribution >= 0.6 is 0 Å². The molecule has 2 heterocycles. The van der Waals surface area contributed by atoms with Gasteiger partial charge < -0.3 is 14.9 Å². The number of hydrogen-bond donors (Lipinski definition) is 2. The molecule has 0 bridgehead atoms. The van der Waals surface area contributed by atoms with Gasteiger partial charge in [0, 0.05) is 30.8 Å². The van der Waals surface area contributed by atoms with Crippen LogP contribution in [0.5, 0.6) is 0 Å². The first kappa shape index (κ1) is 17.0. The van der Waals surface area contributed by atoms with Crippen LogP contribution in [0.4, 0.5) is 0 Å². The molecule has 0 fully saturated rings. The average Bonchev–Trinajstić information content (AvgIpc) is 2.93. The van der Waals surface area contributed by atoms with Crippen molar-refractivity contribution >= 4 is 16.9 Å². The van der Waals surface area contributed by atoms with Crippen molar-refractivity contribution < 1.29 is 4.79 Å². The molecule has 3 rings (SSSR count). The van der Waals surface area contributed by atoms with E-state index in [0.29, 0.717) is 30.3 Å². The number of H-pyrrole nitrogens is 1. The number of aryl methyl sites for hydroxylation is 1. The van der Waals surface area contributed by atoms with Gasteiger partial charge in [0.15, 0.2) is 0 Å². The summed E-state index contributed by atoms with van der Waals surface area (Å²) in [6.45, 7) is 6.45. The number of rotatable bonds is 5. The Morgan fingerprint density at radius 1 is 1.24 bits per heavy atom. The number of aromatic nitrogens is 3. The van der Waals surface area contributed by atoms with Crippen molar-refractivity contribution in [3.8, 4) is 0 Å². The van der Waals surface area contributed by atoms with Crippen LogP contribution in [0.3, 0.4) is 0 Å². The van der Waals surface area contributed by atoms with Crippen molar-refractivity contribution in [2.75, 3.05) is 6.54 Å². The Morgan fingerprint density at radius 2 is 2.00 bits per heavy atom. The second kappa shape index (κ2) is 6.93. The molecular formula is C19H22N4O2. The lowest BCUT2D eigenvalue weighted by Gasteiger charge is -2.13. The highest BCUT2D eigenvalue weighted by Crippen LogP contribution is 2.21. The van der Waals surface area contributed by atoms with Gasteiger partial charge in [-0.25, -0.2) is 4.98 Å². The zero-order valence-electron chi connectivity index (χ0n) is 14.7. The molecule has 0 radical (unpaired) electrons. The van der Waals surface area contributed by atoms with E-state index in [4.69, 9.17) is 4.98 Å². The second-order valence-electron chi connectivity index (χ2n) is 6.35. The van der Waals surface area contributed by atoms with Crippen LogP contribution in [-0.2, 0) is 6.42 Å². The molecule has 0 saturated heterocycles. The molecule has 0 unspecified atom stereocenters. The maximum atomic E-state index is 12.3. The Balaban J connectivity index is 1.74. The van der Waals surface area contributed by atoms with Crippen molar-refractivity contribution in [3.05, 3.63) is 63.8 Å². The van der Waals surface area contributed by atoms with Gasteiger partial charge in [0.05, 0.1) is 16.6 Å². The van der Waals surface area contributed by atoms with Crippen LogP contribution in [0.15, 0.2) is 41.2 Å². The van der Waals surface area contributed by atoms with E-state index in [-0.39, 0.29) is 11.5 Å². The molecule has 0 aliphatic carbocycles. The molecule has 0 aliphatic rings. The van der Waals surface area contributed by atoms with Gasteiger partial charge in [0.1, 0.15) is 5.82 Å². The summed E-state index contributed by atoms with van der Waals surface area (Å²) in [6.07, 6.45) is 0.640. The largest absolute Gasteiger partial charge is 0.352 e. The molecular weight excluding hydrogens is 316 g/mol. The van der Waals surface area contributed by atoms with E-state index in [1.807, 2.05) is 18.2 Å². The summed E-state index contributed by atoms with van der Waals surface area (Å²) in [7, 11) is 0. The van der Waals surface area contributed by atoms with E-state index in [0.717, 1.165) is 16.9 Å². The summed E-state index contributed by atoms with van der Waals surface area (Å²) >= 11 is 0. The third-order valence-corrected chi connectivity index (χ3v) is 4.18. The Bertz CT molecular complexity index is 969. The minimum Gasteiger partial charge on any atom is -0.352 e. The lowest BCUT2D eigenvalue weighted by molar-refractivity contribution is 0.0953. The van der Waals surface area contributed by atoms with Gasteiger partial charge in [-0.2, -0.15) is 0 Å². The Hall–Kier alpha value is -2.89. The van der Waals surface area contributed by atoms with Gasteiger partial charge in [0.2, 0.25) is 5.56 Å². The normalized spacial score (nSPS) is 11.2. The number of aromatic amines is 1. The summed E-state index contributed by atoms with van der Waals surface area (Å²) in [5.41, 5.74) is 2.92. The molecule has 25 heavy (non-hydrogen) atoms. The number of fused-ring (bicyclic) bond motifs is 1. The summed E-state index contributed by atoms with van der Waals surface area (Å²) in [4.78, 5) is 30.9. The number of nitrogens with zero attached hydrogens (tertiary/aromatic N) is 2. The van der Waals surface area contributed by atoms with Gasteiger partial charge in [-0.3, -0.25) is 9.59 Å². The van der Waals surface area contributed by atoms with Gasteiger partial charge in [0.25, 0.3) is 5.91 Å². The average molecular weight is 338 g/mol. The van der Waals surface area contributed by atoms with Crippen molar-refractivity contribution in [2.24, 2.45) is 0 Å². The smallest absolute Gasteiger partial charge is 0.253 e. The third-order valence-electron chi connectivity index (χ3n) is 4.18. The van der Waals surface area contributed by atoms with Crippen molar-refractivity contribution in [3.63, 3.8) is 0 Å². The monoisotopic (exact) mass is 338 g/mol. The number of hydrogen-bond acceptors (Lipinski definition) is 3. The molecule has 6 nitrogen and oxygen atoms in total. The number of imidazole rings is 1. The fourth-order valence-corrected chi connectivity index (χ4v) is 3.05.